The van der Waals surface area contributed by atoms with E-state index in [0.717, 1.165) is 17.7 Å². The Balaban J connectivity index is 2.21. The predicted molar refractivity (Wildman–Crippen MR) is 83.0 cm³/mol. The van der Waals surface area contributed by atoms with Crippen molar-refractivity contribution in [3.8, 4) is 17.2 Å². The third kappa shape index (κ3) is 3.89. The highest BCUT2D eigenvalue weighted by molar-refractivity contribution is 5.45. The van der Waals surface area contributed by atoms with Crippen LogP contribution in [0.15, 0.2) is 48.5 Å². The molecule has 0 bridgehead atoms. The first-order chi connectivity index (χ1) is 10.3. The summed E-state index contributed by atoms with van der Waals surface area (Å²) in [4.78, 5) is 0. The van der Waals surface area contributed by atoms with Gasteiger partial charge in [-0.05, 0) is 24.2 Å². The Morgan fingerprint density at radius 2 is 1.67 bits per heavy atom. The van der Waals surface area contributed by atoms with Gasteiger partial charge in [-0.1, -0.05) is 30.3 Å². The van der Waals surface area contributed by atoms with Gasteiger partial charge in [-0.15, -0.1) is 0 Å². The van der Waals surface area contributed by atoms with Gasteiger partial charge in [0.2, 0.25) is 0 Å². The lowest BCUT2D eigenvalue weighted by atomic mass is 10.1. The van der Waals surface area contributed by atoms with Gasteiger partial charge in [-0.25, -0.2) is 0 Å². The quantitative estimate of drug-likeness (QED) is 0.850. The van der Waals surface area contributed by atoms with Crippen molar-refractivity contribution in [2.45, 2.75) is 12.5 Å². The van der Waals surface area contributed by atoms with E-state index in [1.807, 2.05) is 48.5 Å². The van der Waals surface area contributed by atoms with Gasteiger partial charge in [0.15, 0.2) is 11.5 Å². The van der Waals surface area contributed by atoms with Crippen molar-refractivity contribution < 1.29 is 14.2 Å². The zero-order valence-corrected chi connectivity index (χ0v) is 12.4. The van der Waals surface area contributed by atoms with Gasteiger partial charge < -0.3 is 19.9 Å². The van der Waals surface area contributed by atoms with E-state index in [1.54, 1.807) is 14.2 Å². The third-order valence-corrected chi connectivity index (χ3v) is 3.23. The van der Waals surface area contributed by atoms with Crippen LogP contribution in [0.5, 0.6) is 17.2 Å². The monoisotopic (exact) mass is 287 g/mol. The Bertz CT molecular complexity index is 557. The maximum atomic E-state index is 6.07. The molecule has 0 saturated heterocycles. The lowest BCUT2D eigenvalue weighted by molar-refractivity contribution is 0.196. The average molecular weight is 287 g/mol. The molecule has 2 N–H and O–H groups in total. The molecule has 2 rings (SSSR count). The van der Waals surface area contributed by atoms with E-state index in [4.69, 9.17) is 19.9 Å². The molecular formula is C17H21NO3. The highest BCUT2D eigenvalue weighted by atomic mass is 16.5. The van der Waals surface area contributed by atoms with Gasteiger partial charge >= 0.3 is 0 Å². The van der Waals surface area contributed by atoms with Gasteiger partial charge in [0.1, 0.15) is 11.9 Å². The van der Waals surface area contributed by atoms with Gasteiger partial charge in [0, 0.05) is 12.5 Å². The van der Waals surface area contributed by atoms with Crippen LogP contribution in [-0.2, 0) is 0 Å². The zero-order valence-electron chi connectivity index (χ0n) is 12.4. The second-order valence-corrected chi connectivity index (χ2v) is 4.61. The Kier molecular flexibility index (Phi) is 5.46. The lowest BCUT2D eigenvalue weighted by Gasteiger charge is -2.20. The second-order valence-electron chi connectivity index (χ2n) is 4.61. The first-order valence-electron chi connectivity index (χ1n) is 6.92. The molecule has 21 heavy (non-hydrogen) atoms. The molecule has 0 spiro atoms. The van der Waals surface area contributed by atoms with Crippen molar-refractivity contribution in [2.75, 3.05) is 20.8 Å². The Morgan fingerprint density at radius 1 is 0.952 bits per heavy atom. The molecular weight excluding hydrogens is 266 g/mol. The van der Waals surface area contributed by atoms with Gasteiger partial charge in [0.25, 0.3) is 0 Å². The summed E-state index contributed by atoms with van der Waals surface area (Å²) in [5.41, 5.74) is 6.81. The molecule has 2 aromatic rings. The van der Waals surface area contributed by atoms with E-state index in [2.05, 4.69) is 0 Å². The van der Waals surface area contributed by atoms with Crippen molar-refractivity contribution in [2.24, 2.45) is 5.73 Å². The molecule has 0 heterocycles. The fourth-order valence-corrected chi connectivity index (χ4v) is 2.17. The van der Waals surface area contributed by atoms with Crippen LogP contribution >= 0.6 is 0 Å². The molecule has 1 unspecified atom stereocenters. The van der Waals surface area contributed by atoms with Crippen LogP contribution in [0.25, 0.3) is 0 Å². The molecule has 4 heteroatoms. The number of rotatable bonds is 7. The molecule has 2 aromatic carbocycles. The Labute approximate surface area is 125 Å². The highest BCUT2D eigenvalue weighted by Crippen LogP contribution is 2.33. The van der Waals surface area contributed by atoms with Crippen LogP contribution in [0.3, 0.4) is 0 Å². The molecule has 0 saturated carbocycles. The smallest absolute Gasteiger partial charge is 0.164 e. The average Bonchev–Trinajstić information content (AvgIpc) is 2.55. The van der Waals surface area contributed by atoms with Crippen LogP contribution < -0.4 is 19.9 Å². The van der Waals surface area contributed by atoms with Crippen LogP contribution in [0.1, 0.15) is 18.1 Å². The van der Waals surface area contributed by atoms with Gasteiger partial charge in [-0.3, -0.25) is 0 Å². The van der Waals surface area contributed by atoms with E-state index in [-0.39, 0.29) is 6.10 Å². The number of hydrogen-bond donors (Lipinski definition) is 1. The first-order valence-corrected chi connectivity index (χ1v) is 6.92. The maximum absolute atomic E-state index is 6.07. The van der Waals surface area contributed by atoms with Crippen molar-refractivity contribution >= 4 is 0 Å². The largest absolute Gasteiger partial charge is 0.493 e. The number of methoxy groups -OCH3 is 2. The summed E-state index contributed by atoms with van der Waals surface area (Å²) in [7, 11) is 3.22. The first kappa shape index (κ1) is 15.2. The van der Waals surface area contributed by atoms with Gasteiger partial charge in [0.05, 0.1) is 14.2 Å². The summed E-state index contributed by atoms with van der Waals surface area (Å²) in [5, 5.41) is 0. The molecule has 0 aliphatic heterocycles. The normalized spacial score (nSPS) is 11.8. The summed E-state index contributed by atoms with van der Waals surface area (Å²) in [6.07, 6.45) is 0.674. The van der Waals surface area contributed by atoms with E-state index in [9.17, 15) is 0 Å². The zero-order chi connectivity index (χ0) is 15.1. The topological polar surface area (TPSA) is 53.7 Å². The van der Waals surface area contributed by atoms with Crippen LogP contribution in [-0.4, -0.2) is 20.8 Å². The van der Waals surface area contributed by atoms with Crippen LogP contribution in [0.4, 0.5) is 0 Å². The van der Waals surface area contributed by atoms with E-state index < -0.39 is 0 Å². The Morgan fingerprint density at radius 3 is 2.29 bits per heavy atom. The molecule has 0 aliphatic carbocycles. The molecule has 0 fully saturated rings. The minimum atomic E-state index is -0.0747. The molecule has 4 nitrogen and oxygen atoms in total. The fraction of sp³-hybridized carbons (Fsp3) is 0.294. The number of hydrogen-bond acceptors (Lipinski definition) is 4. The fourth-order valence-electron chi connectivity index (χ4n) is 2.17. The highest BCUT2D eigenvalue weighted by Gasteiger charge is 2.14. The van der Waals surface area contributed by atoms with Crippen molar-refractivity contribution in [3.63, 3.8) is 0 Å². The van der Waals surface area contributed by atoms with Crippen LogP contribution in [0, 0.1) is 0 Å². The summed E-state index contributed by atoms with van der Waals surface area (Å²) < 4.78 is 16.6. The van der Waals surface area contributed by atoms with Crippen molar-refractivity contribution in [1.82, 2.24) is 0 Å². The number of ether oxygens (including phenoxy) is 3. The summed E-state index contributed by atoms with van der Waals surface area (Å²) in [5.74, 6) is 2.06. The SMILES string of the molecule is COc1ccc(OC(CCN)c2ccccc2)cc1OC. The van der Waals surface area contributed by atoms with E-state index >= 15 is 0 Å². The molecule has 112 valence electrons. The minimum absolute atomic E-state index is 0.0747. The van der Waals surface area contributed by atoms with Gasteiger partial charge in [-0.2, -0.15) is 0 Å². The van der Waals surface area contributed by atoms with E-state index in [1.165, 1.54) is 0 Å². The van der Waals surface area contributed by atoms with Crippen molar-refractivity contribution in [1.29, 1.82) is 0 Å². The third-order valence-electron chi connectivity index (χ3n) is 3.23. The molecule has 0 amide bonds. The summed E-state index contributed by atoms with van der Waals surface area (Å²) in [6.45, 7) is 0.562. The Hall–Kier alpha value is -2.20. The van der Waals surface area contributed by atoms with E-state index in [0.29, 0.717) is 18.0 Å². The maximum Gasteiger partial charge on any atom is 0.164 e. The minimum Gasteiger partial charge on any atom is -0.493 e. The molecule has 0 radical (unpaired) electrons. The lowest BCUT2D eigenvalue weighted by Crippen LogP contribution is -2.13. The molecule has 0 aromatic heterocycles. The van der Waals surface area contributed by atoms with Crippen LogP contribution in [0.2, 0.25) is 0 Å². The predicted octanol–water partition coefficient (Wildman–Crippen LogP) is 3.17. The van der Waals surface area contributed by atoms with Crippen molar-refractivity contribution in [3.05, 3.63) is 54.1 Å². The summed E-state index contributed by atoms with van der Waals surface area (Å²) >= 11 is 0. The number of benzene rings is 2. The number of nitrogens with two attached hydrogens (primary N) is 1. The summed E-state index contributed by atoms with van der Waals surface area (Å²) in [6, 6.07) is 15.6. The standard InChI is InChI=1S/C17H21NO3/c1-19-16-9-8-14(12-17(16)20-2)21-15(10-11-18)13-6-4-3-5-7-13/h3-9,12,15H,10-11,18H2,1-2H3. The second kappa shape index (κ2) is 7.55. The molecule has 0 aliphatic rings. The molecule has 1 atom stereocenters.